The third kappa shape index (κ3) is 3.01. The Morgan fingerprint density at radius 2 is 2.00 bits per heavy atom. The molecule has 2 aromatic carbocycles. The Kier molecular flexibility index (Phi) is 3.92. The maximum absolute atomic E-state index is 12.2. The number of nitrogens with zero attached hydrogens (tertiary/aromatic N) is 1. The largest absolute Gasteiger partial charge is 0.356 e. The molecule has 0 unspecified atom stereocenters. The Labute approximate surface area is 129 Å². The van der Waals surface area contributed by atoms with Gasteiger partial charge in [-0.1, -0.05) is 47.1 Å². The molecule has 1 heterocycles. The van der Waals surface area contributed by atoms with Gasteiger partial charge in [-0.05, 0) is 31.5 Å². The van der Waals surface area contributed by atoms with Gasteiger partial charge in [0.2, 0.25) is 5.91 Å². The van der Waals surface area contributed by atoms with Gasteiger partial charge in [-0.15, -0.1) is 0 Å². The smallest absolute Gasteiger partial charge is 0.226 e. The van der Waals surface area contributed by atoms with Crippen LogP contribution in [0, 0.1) is 6.92 Å². The second-order valence-corrected chi connectivity index (χ2v) is 5.51. The number of carbonyl (C=O) groups is 1. The normalized spacial score (nSPS) is 12.3. The fourth-order valence-electron chi connectivity index (χ4n) is 2.50. The zero-order valence-electron chi connectivity index (χ0n) is 12.7. The van der Waals surface area contributed by atoms with Gasteiger partial charge in [0.1, 0.15) is 5.69 Å². The van der Waals surface area contributed by atoms with Crippen LogP contribution in [0.5, 0.6) is 0 Å². The number of amides is 1. The van der Waals surface area contributed by atoms with Crippen molar-refractivity contribution in [2.75, 3.05) is 0 Å². The third-order valence-corrected chi connectivity index (χ3v) is 3.71. The molecule has 1 N–H and O–H groups in total. The molecule has 0 radical (unpaired) electrons. The molecule has 4 heteroatoms. The van der Waals surface area contributed by atoms with E-state index in [2.05, 4.69) is 10.5 Å². The molecule has 4 nitrogen and oxygen atoms in total. The summed E-state index contributed by atoms with van der Waals surface area (Å²) in [6, 6.07) is 15.7. The fraction of sp³-hybridized carbons (Fsp3) is 0.222. The van der Waals surface area contributed by atoms with Crippen molar-refractivity contribution in [2.45, 2.75) is 26.3 Å². The van der Waals surface area contributed by atoms with Crippen molar-refractivity contribution in [2.24, 2.45) is 0 Å². The molecule has 0 aliphatic carbocycles. The van der Waals surface area contributed by atoms with Crippen molar-refractivity contribution in [3.8, 4) is 0 Å². The number of aryl methyl sites for hydroxylation is 1. The van der Waals surface area contributed by atoms with Crippen LogP contribution >= 0.6 is 0 Å². The first-order valence-corrected chi connectivity index (χ1v) is 7.32. The quantitative estimate of drug-likeness (QED) is 0.800. The first-order valence-electron chi connectivity index (χ1n) is 7.32. The molecule has 0 fully saturated rings. The number of hydrogen-bond acceptors (Lipinski definition) is 3. The number of hydrogen-bond donors (Lipinski definition) is 1. The maximum atomic E-state index is 12.2. The van der Waals surface area contributed by atoms with E-state index in [4.69, 9.17) is 4.52 Å². The highest BCUT2D eigenvalue weighted by atomic mass is 16.5. The fourth-order valence-corrected chi connectivity index (χ4v) is 2.50. The van der Waals surface area contributed by atoms with Crippen LogP contribution in [0.25, 0.3) is 11.0 Å². The molecule has 112 valence electrons. The number of carbonyl (C=O) groups excluding carboxylic acids is 1. The summed E-state index contributed by atoms with van der Waals surface area (Å²) in [5.74, 6) is -0.0620. The molecule has 1 atom stereocenters. The van der Waals surface area contributed by atoms with Crippen molar-refractivity contribution in [1.29, 1.82) is 0 Å². The summed E-state index contributed by atoms with van der Waals surface area (Å²) in [4.78, 5) is 12.2. The highest BCUT2D eigenvalue weighted by molar-refractivity contribution is 5.86. The van der Waals surface area contributed by atoms with Crippen LogP contribution < -0.4 is 5.32 Å². The predicted molar refractivity (Wildman–Crippen MR) is 85.4 cm³/mol. The first kappa shape index (κ1) is 14.3. The zero-order chi connectivity index (χ0) is 15.5. The average molecular weight is 294 g/mol. The van der Waals surface area contributed by atoms with E-state index in [0.29, 0.717) is 11.3 Å². The monoisotopic (exact) mass is 294 g/mol. The van der Waals surface area contributed by atoms with Crippen LogP contribution in [0.4, 0.5) is 0 Å². The Balaban J connectivity index is 1.72. The topological polar surface area (TPSA) is 55.1 Å². The van der Waals surface area contributed by atoms with Crippen LogP contribution in [0.15, 0.2) is 53.1 Å². The van der Waals surface area contributed by atoms with Crippen LogP contribution in [0.3, 0.4) is 0 Å². The summed E-state index contributed by atoms with van der Waals surface area (Å²) in [5.41, 5.74) is 3.59. The van der Waals surface area contributed by atoms with Crippen LogP contribution in [0.1, 0.15) is 29.8 Å². The van der Waals surface area contributed by atoms with E-state index in [1.165, 1.54) is 0 Å². The Bertz CT molecular complexity index is 793. The lowest BCUT2D eigenvalue weighted by Gasteiger charge is -2.13. The van der Waals surface area contributed by atoms with E-state index in [1.54, 1.807) is 0 Å². The lowest BCUT2D eigenvalue weighted by molar-refractivity contribution is -0.121. The lowest BCUT2D eigenvalue weighted by Crippen LogP contribution is -2.28. The minimum atomic E-state index is -0.0620. The van der Waals surface area contributed by atoms with Gasteiger partial charge in [0, 0.05) is 5.39 Å². The summed E-state index contributed by atoms with van der Waals surface area (Å²) >= 11 is 0. The molecule has 22 heavy (non-hydrogen) atoms. The molecule has 1 aromatic heterocycles. The van der Waals surface area contributed by atoms with Crippen LogP contribution in [-0.4, -0.2) is 11.1 Å². The standard InChI is InChI=1S/C18H18N2O2/c1-12-8-9-17-15(10-12)16(20-22-17)11-18(21)19-13(2)14-6-4-3-5-7-14/h3-10,13H,11H2,1-2H3,(H,19,21)/t13-/m0/s1. The molecule has 0 aliphatic rings. The average Bonchev–Trinajstić information content (AvgIpc) is 2.90. The summed E-state index contributed by atoms with van der Waals surface area (Å²) in [6.45, 7) is 3.98. The van der Waals surface area contributed by atoms with Gasteiger partial charge >= 0.3 is 0 Å². The van der Waals surface area contributed by atoms with E-state index in [9.17, 15) is 4.79 Å². The van der Waals surface area contributed by atoms with Crippen LogP contribution in [-0.2, 0) is 11.2 Å². The highest BCUT2D eigenvalue weighted by Crippen LogP contribution is 2.20. The molecule has 3 rings (SSSR count). The summed E-state index contributed by atoms with van der Waals surface area (Å²) in [7, 11) is 0. The van der Waals surface area contributed by atoms with Crippen molar-refractivity contribution in [1.82, 2.24) is 10.5 Å². The summed E-state index contributed by atoms with van der Waals surface area (Å²) in [5, 5.41) is 7.92. The molecule has 0 saturated heterocycles. The number of aromatic nitrogens is 1. The van der Waals surface area contributed by atoms with E-state index in [-0.39, 0.29) is 18.4 Å². The first-order chi connectivity index (χ1) is 10.6. The van der Waals surface area contributed by atoms with E-state index < -0.39 is 0 Å². The van der Waals surface area contributed by atoms with Gasteiger partial charge < -0.3 is 9.84 Å². The lowest BCUT2D eigenvalue weighted by atomic mass is 10.1. The molecule has 0 aliphatic heterocycles. The summed E-state index contributed by atoms with van der Waals surface area (Å²) in [6.07, 6.45) is 0.216. The number of rotatable bonds is 4. The van der Waals surface area contributed by atoms with Crippen molar-refractivity contribution < 1.29 is 9.32 Å². The molecule has 3 aromatic rings. The molecular weight excluding hydrogens is 276 g/mol. The molecule has 0 bridgehead atoms. The SMILES string of the molecule is Cc1ccc2onc(CC(=O)N[C@@H](C)c3ccccc3)c2c1. The number of benzene rings is 2. The molecule has 1 amide bonds. The van der Waals surface area contributed by atoms with Crippen molar-refractivity contribution >= 4 is 16.9 Å². The van der Waals surface area contributed by atoms with Gasteiger partial charge in [0.05, 0.1) is 12.5 Å². The zero-order valence-corrected chi connectivity index (χ0v) is 12.7. The Morgan fingerprint density at radius 3 is 2.77 bits per heavy atom. The minimum Gasteiger partial charge on any atom is -0.356 e. The highest BCUT2D eigenvalue weighted by Gasteiger charge is 2.14. The van der Waals surface area contributed by atoms with Crippen LogP contribution in [0.2, 0.25) is 0 Å². The van der Waals surface area contributed by atoms with Crippen molar-refractivity contribution in [3.63, 3.8) is 0 Å². The van der Waals surface area contributed by atoms with E-state index >= 15 is 0 Å². The van der Waals surface area contributed by atoms with E-state index in [1.807, 2.05) is 62.4 Å². The number of fused-ring (bicyclic) bond motifs is 1. The maximum Gasteiger partial charge on any atom is 0.226 e. The van der Waals surface area contributed by atoms with Gasteiger partial charge in [-0.2, -0.15) is 0 Å². The second-order valence-electron chi connectivity index (χ2n) is 5.51. The van der Waals surface area contributed by atoms with Gasteiger partial charge in [0.15, 0.2) is 5.58 Å². The number of nitrogens with one attached hydrogen (secondary N) is 1. The van der Waals surface area contributed by atoms with Crippen molar-refractivity contribution in [3.05, 3.63) is 65.4 Å². The third-order valence-electron chi connectivity index (χ3n) is 3.71. The van der Waals surface area contributed by atoms with E-state index in [0.717, 1.165) is 16.5 Å². The molecular formula is C18H18N2O2. The van der Waals surface area contributed by atoms with Gasteiger partial charge in [-0.25, -0.2) is 0 Å². The second kappa shape index (κ2) is 6.02. The summed E-state index contributed by atoms with van der Waals surface area (Å²) < 4.78 is 5.26. The molecule has 0 spiro atoms. The predicted octanol–water partition coefficient (Wildman–Crippen LogP) is 3.56. The minimum absolute atomic E-state index is 0.0337. The van der Waals surface area contributed by atoms with Gasteiger partial charge in [-0.3, -0.25) is 4.79 Å². The van der Waals surface area contributed by atoms with Gasteiger partial charge in [0.25, 0.3) is 0 Å². The molecule has 0 saturated carbocycles. The Morgan fingerprint density at radius 1 is 1.23 bits per heavy atom. The Hall–Kier alpha value is -2.62.